The highest BCUT2D eigenvalue weighted by Gasteiger charge is 2.10. The van der Waals surface area contributed by atoms with E-state index in [1.54, 1.807) is 38.4 Å². The minimum Gasteiger partial charge on any atom is -0.484 e. The van der Waals surface area contributed by atoms with E-state index in [0.717, 1.165) is 0 Å². The summed E-state index contributed by atoms with van der Waals surface area (Å²) in [7, 11) is 3.16. The molecule has 0 radical (unpaired) electrons. The molecule has 6 heteroatoms. The van der Waals surface area contributed by atoms with Crippen molar-refractivity contribution in [1.29, 1.82) is 5.26 Å². The molecule has 1 rings (SSSR count). The second-order valence-electron chi connectivity index (χ2n) is 4.19. The molecule has 0 aromatic heterocycles. The van der Waals surface area contributed by atoms with Gasteiger partial charge in [0.25, 0.3) is 11.8 Å². The smallest absolute Gasteiger partial charge is 0.264 e. The van der Waals surface area contributed by atoms with Crippen molar-refractivity contribution in [1.82, 2.24) is 4.90 Å². The number of carbonyl (C=O) groups is 2. The molecule has 1 aromatic rings. The SMILES string of the molecule is CN(C)C(=O)/C(C#N)=C\c1ccc(OCC(N)=O)cc1. The fraction of sp³-hybridized carbons (Fsp3) is 0.214. The van der Waals surface area contributed by atoms with Gasteiger partial charge in [-0.25, -0.2) is 0 Å². The number of nitriles is 1. The number of nitrogens with two attached hydrogens (primary N) is 1. The van der Waals surface area contributed by atoms with Crippen LogP contribution in [0.3, 0.4) is 0 Å². The lowest BCUT2D eigenvalue weighted by molar-refractivity contribution is -0.124. The fourth-order valence-electron chi connectivity index (χ4n) is 1.36. The molecule has 0 aliphatic carbocycles. The van der Waals surface area contributed by atoms with Crippen LogP contribution in [0, 0.1) is 11.3 Å². The van der Waals surface area contributed by atoms with Gasteiger partial charge >= 0.3 is 0 Å². The van der Waals surface area contributed by atoms with Crippen molar-refractivity contribution in [3.05, 3.63) is 35.4 Å². The number of primary amides is 1. The summed E-state index contributed by atoms with van der Waals surface area (Å²) in [5.41, 5.74) is 5.69. The predicted molar refractivity (Wildman–Crippen MR) is 73.4 cm³/mol. The molecule has 0 saturated carbocycles. The first kappa shape index (κ1) is 15.2. The number of nitrogens with zero attached hydrogens (tertiary/aromatic N) is 2. The van der Waals surface area contributed by atoms with E-state index in [1.165, 1.54) is 11.0 Å². The molecule has 2 amide bonds. The Hall–Kier alpha value is -2.81. The van der Waals surface area contributed by atoms with Gasteiger partial charge in [-0.05, 0) is 23.8 Å². The molecule has 0 aliphatic rings. The normalized spacial score (nSPS) is 10.6. The molecule has 0 atom stereocenters. The Balaban J connectivity index is 2.85. The largest absolute Gasteiger partial charge is 0.484 e. The first-order chi connectivity index (χ1) is 9.43. The Kier molecular flexibility index (Phi) is 5.30. The quantitative estimate of drug-likeness (QED) is 0.625. The summed E-state index contributed by atoms with van der Waals surface area (Å²) in [5.74, 6) is -0.433. The maximum absolute atomic E-state index is 11.7. The highest BCUT2D eigenvalue weighted by Crippen LogP contribution is 2.15. The van der Waals surface area contributed by atoms with Crippen LogP contribution in [0.4, 0.5) is 0 Å². The highest BCUT2D eigenvalue weighted by molar-refractivity contribution is 6.01. The Morgan fingerprint density at radius 3 is 2.40 bits per heavy atom. The molecule has 6 nitrogen and oxygen atoms in total. The summed E-state index contributed by atoms with van der Waals surface area (Å²) < 4.78 is 5.10. The Morgan fingerprint density at radius 2 is 1.95 bits per heavy atom. The van der Waals surface area contributed by atoms with Gasteiger partial charge in [0, 0.05) is 14.1 Å². The van der Waals surface area contributed by atoms with Crippen molar-refractivity contribution in [3.63, 3.8) is 0 Å². The van der Waals surface area contributed by atoms with Gasteiger partial charge in [-0.1, -0.05) is 12.1 Å². The average molecular weight is 273 g/mol. The molecular formula is C14H15N3O3. The molecule has 1 aromatic carbocycles. The zero-order valence-electron chi connectivity index (χ0n) is 11.3. The molecule has 0 saturated heterocycles. The van der Waals surface area contributed by atoms with Crippen LogP contribution in [0.15, 0.2) is 29.8 Å². The maximum atomic E-state index is 11.7. The lowest BCUT2D eigenvalue weighted by Gasteiger charge is -2.08. The number of rotatable bonds is 5. The van der Waals surface area contributed by atoms with E-state index >= 15 is 0 Å². The lowest BCUT2D eigenvalue weighted by atomic mass is 10.1. The number of hydrogen-bond donors (Lipinski definition) is 1. The third-order valence-corrected chi connectivity index (χ3v) is 2.33. The molecular weight excluding hydrogens is 258 g/mol. The fourth-order valence-corrected chi connectivity index (χ4v) is 1.36. The number of benzene rings is 1. The van der Waals surface area contributed by atoms with Crippen LogP contribution in [0.25, 0.3) is 6.08 Å². The minimum absolute atomic E-state index is 0.0424. The zero-order valence-corrected chi connectivity index (χ0v) is 11.3. The van der Waals surface area contributed by atoms with Crippen molar-refractivity contribution in [2.45, 2.75) is 0 Å². The minimum atomic E-state index is -0.558. The molecule has 0 bridgehead atoms. The van der Waals surface area contributed by atoms with Gasteiger partial charge in [0.2, 0.25) is 0 Å². The number of likely N-dealkylation sites (N-methyl/N-ethyl adjacent to an activating group) is 1. The van der Waals surface area contributed by atoms with E-state index < -0.39 is 5.91 Å². The van der Waals surface area contributed by atoms with Gasteiger partial charge < -0.3 is 15.4 Å². The summed E-state index contributed by atoms with van der Waals surface area (Å²) in [6.45, 7) is -0.197. The van der Waals surface area contributed by atoms with Crippen molar-refractivity contribution >= 4 is 17.9 Å². The number of amides is 2. The van der Waals surface area contributed by atoms with E-state index in [4.69, 9.17) is 15.7 Å². The summed E-state index contributed by atoms with van der Waals surface area (Å²) in [6.07, 6.45) is 1.49. The second-order valence-corrected chi connectivity index (χ2v) is 4.19. The molecule has 0 aliphatic heterocycles. The molecule has 104 valence electrons. The Labute approximate surface area is 117 Å². The summed E-state index contributed by atoms with van der Waals surface area (Å²) >= 11 is 0. The predicted octanol–water partition coefficient (Wildman–Crippen LogP) is 0.546. The molecule has 0 spiro atoms. The van der Waals surface area contributed by atoms with Gasteiger partial charge in [-0.2, -0.15) is 5.26 Å². The summed E-state index contributed by atoms with van der Waals surface area (Å²) in [4.78, 5) is 23.6. The maximum Gasteiger partial charge on any atom is 0.264 e. The number of carbonyl (C=O) groups excluding carboxylic acids is 2. The van der Waals surface area contributed by atoms with Gasteiger partial charge in [-0.3, -0.25) is 9.59 Å². The van der Waals surface area contributed by atoms with Gasteiger partial charge in [-0.15, -0.1) is 0 Å². The molecule has 0 unspecified atom stereocenters. The number of hydrogen-bond acceptors (Lipinski definition) is 4. The first-order valence-electron chi connectivity index (χ1n) is 5.78. The Bertz CT molecular complexity index is 568. The Morgan fingerprint density at radius 1 is 1.35 bits per heavy atom. The standard InChI is InChI=1S/C14H15N3O3/c1-17(2)14(19)11(8-15)7-10-3-5-12(6-4-10)20-9-13(16)18/h3-7H,9H2,1-2H3,(H2,16,18)/b11-7-. The summed E-state index contributed by atoms with van der Waals surface area (Å²) in [5, 5.41) is 8.96. The van der Waals surface area contributed by atoms with Crippen LogP contribution in [0.2, 0.25) is 0 Å². The molecule has 0 fully saturated rings. The molecule has 0 heterocycles. The molecule has 20 heavy (non-hydrogen) atoms. The molecule has 2 N–H and O–H groups in total. The topological polar surface area (TPSA) is 96.4 Å². The van der Waals surface area contributed by atoms with Crippen molar-refractivity contribution < 1.29 is 14.3 Å². The van der Waals surface area contributed by atoms with E-state index in [9.17, 15) is 9.59 Å². The highest BCUT2D eigenvalue weighted by atomic mass is 16.5. The number of ether oxygens (including phenoxy) is 1. The van der Waals surface area contributed by atoms with Crippen molar-refractivity contribution in [3.8, 4) is 11.8 Å². The van der Waals surface area contributed by atoms with E-state index in [-0.39, 0.29) is 18.1 Å². The first-order valence-corrected chi connectivity index (χ1v) is 5.78. The van der Waals surface area contributed by atoms with E-state index in [0.29, 0.717) is 11.3 Å². The third kappa shape index (κ3) is 4.46. The van der Waals surface area contributed by atoms with Gasteiger partial charge in [0.15, 0.2) is 6.61 Å². The zero-order chi connectivity index (χ0) is 15.1. The third-order valence-electron chi connectivity index (χ3n) is 2.33. The monoisotopic (exact) mass is 273 g/mol. The lowest BCUT2D eigenvalue weighted by Crippen LogP contribution is -2.22. The van der Waals surface area contributed by atoms with Crippen LogP contribution in [0.1, 0.15) is 5.56 Å². The van der Waals surface area contributed by atoms with Crippen LogP contribution < -0.4 is 10.5 Å². The van der Waals surface area contributed by atoms with Crippen molar-refractivity contribution in [2.24, 2.45) is 5.73 Å². The van der Waals surface area contributed by atoms with E-state index in [2.05, 4.69) is 0 Å². The van der Waals surface area contributed by atoms with Crippen LogP contribution in [0.5, 0.6) is 5.75 Å². The summed E-state index contributed by atoms with van der Waals surface area (Å²) in [6, 6.07) is 8.48. The van der Waals surface area contributed by atoms with Gasteiger partial charge in [0.05, 0.1) is 0 Å². The average Bonchev–Trinajstić information content (AvgIpc) is 2.42. The van der Waals surface area contributed by atoms with Crippen molar-refractivity contribution in [2.75, 3.05) is 20.7 Å². The van der Waals surface area contributed by atoms with Crippen LogP contribution in [-0.2, 0) is 9.59 Å². The van der Waals surface area contributed by atoms with Crippen LogP contribution in [-0.4, -0.2) is 37.4 Å². The van der Waals surface area contributed by atoms with E-state index in [1.807, 2.05) is 6.07 Å². The van der Waals surface area contributed by atoms with Gasteiger partial charge in [0.1, 0.15) is 17.4 Å². The van der Waals surface area contributed by atoms with Crippen LogP contribution >= 0.6 is 0 Å². The second kappa shape index (κ2) is 6.95.